The van der Waals surface area contributed by atoms with Crippen LogP contribution in [0.4, 0.5) is 11.4 Å². The van der Waals surface area contributed by atoms with Crippen LogP contribution >= 0.6 is 0 Å². The zero-order valence-corrected chi connectivity index (χ0v) is 19.6. The second kappa shape index (κ2) is 8.83. The number of benzene rings is 2. The number of hydrogen-bond acceptors (Lipinski definition) is 5. The van der Waals surface area contributed by atoms with Crippen molar-refractivity contribution in [3.8, 4) is 22.3 Å². The maximum Gasteiger partial charge on any atom is 0.221 e. The molecule has 3 aromatic heterocycles. The van der Waals surface area contributed by atoms with Crippen molar-refractivity contribution in [2.75, 3.05) is 23.3 Å². The van der Waals surface area contributed by atoms with Gasteiger partial charge in [0.1, 0.15) is 0 Å². The molecule has 4 heterocycles. The summed E-state index contributed by atoms with van der Waals surface area (Å²) in [4.78, 5) is 23.2. The minimum atomic E-state index is -0.107. The van der Waals surface area contributed by atoms with Crippen molar-refractivity contribution in [2.24, 2.45) is 0 Å². The Hall–Kier alpha value is -4.26. The molecule has 0 spiro atoms. The number of anilines is 2. The summed E-state index contributed by atoms with van der Waals surface area (Å²) in [6, 6.07) is 16.5. The molecule has 1 aliphatic rings. The van der Waals surface area contributed by atoms with Gasteiger partial charge in [0.25, 0.3) is 0 Å². The molecule has 0 unspecified atom stereocenters. The monoisotopic (exact) mass is 462 g/mol. The normalized spacial score (nSPS) is 13.9. The number of rotatable bonds is 4. The van der Waals surface area contributed by atoms with Crippen molar-refractivity contribution in [2.45, 2.75) is 26.2 Å². The molecule has 7 nitrogen and oxygen atoms in total. The first kappa shape index (κ1) is 21.3. The Bertz CT molecular complexity index is 1530. The number of pyridine rings is 1. The van der Waals surface area contributed by atoms with Gasteiger partial charge in [0.05, 0.1) is 11.7 Å². The Morgan fingerprint density at radius 1 is 0.886 bits per heavy atom. The van der Waals surface area contributed by atoms with Crippen LogP contribution < -0.4 is 10.2 Å². The number of carbonyl (C=O) groups excluding carboxylic acids is 1. The molecule has 0 saturated carbocycles. The lowest BCUT2D eigenvalue weighted by Crippen LogP contribution is -2.29. The standard InChI is InChI=1S/C28H26N6O/c1-19(35)32-22-7-10-25-24(11-12-29-27(25)15-22)26-17-31-34-18-21(16-30-28(26)34)20-5-8-23(9-6-20)33-13-3-2-4-14-33/h5-12,15-18H,2-4,13-14H2,1H3,(H,32,35). The molecule has 6 rings (SSSR count). The quantitative estimate of drug-likeness (QED) is 0.378. The summed E-state index contributed by atoms with van der Waals surface area (Å²) < 4.78 is 1.83. The van der Waals surface area contributed by atoms with Crippen LogP contribution in [-0.4, -0.2) is 38.6 Å². The summed E-state index contributed by atoms with van der Waals surface area (Å²) in [6.07, 6.45) is 11.4. The second-order valence-electron chi connectivity index (χ2n) is 9.04. The van der Waals surface area contributed by atoms with Gasteiger partial charge in [-0.05, 0) is 60.7 Å². The fourth-order valence-electron chi connectivity index (χ4n) is 4.89. The molecule has 7 heteroatoms. The summed E-state index contributed by atoms with van der Waals surface area (Å²) in [5.74, 6) is -0.107. The van der Waals surface area contributed by atoms with Crippen LogP contribution in [0.15, 0.2) is 73.3 Å². The molecule has 35 heavy (non-hydrogen) atoms. The van der Waals surface area contributed by atoms with Crippen LogP contribution in [-0.2, 0) is 4.79 Å². The lowest BCUT2D eigenvalue weighted by Gasteiger charge is -2.28. The van der Waals surface area contributed by atoms with Gasteiger partial charge in [-0.2, -0.15) is 5.10 Å². The average Bonchev–Trinajstić information content (AvgIpc) is 3.31. The number of fused-ring (bicyclic) bond motifs is 2. The zero-order chi connectivity index (χ0) is 23.8. The van der Waals surface area contributed by atoms with Crippen molar-refractivity contribution >= 4 is 33.8 Å². The molecular formula is C28H26N6O. The van der Waals surface area contributed by atoms with E-state index in [-0.39, 0.29) is 5.91 Å². The van der Waals surface area contributed by atoms with Crippen molar-refractivity contribution in [3.05, 3.63) is 73.3 Å². The highest BCUT2D eigenvalue weighted by Gasteiger charge is 2.14. The highest BCUT2D eigenvalue weighted by Crippen LogP contribution is 2.32. The first-order valence-corrected chi connectivity index (χ1v) is 12.0. The Morgan fingerprint density at radius 3 is 2.51 bits per heavy atom. The lowest BCUT2D eigenvalue weighted by molar-refractivity contribution is -0.114. The van der Waals surface area contributed by atoms with Gasteiger partial charge < -0.3 is 10.2 Å². The smallest absolute Gasteiger partial charge is 0.221 e. The molecule has 1 amide bonds. The minimum Gasteiger partial charge on any atom is -0.372 e. The van der Waals surface area contributed by atoms with E-state index in [1.807, 2.05) is 47.4 Å². The topological polar surface area (TPSA) is 75.4 Å². The van der Waals surface area contributed by atoms with E-state index in [1.165, 1.54) is 31.9 Å². The van der Waals surface area contributed by atoms with E-state index in [4.69, 9.17) is 4.98 Å². The third-order valence-electron chi connectivity index (χ3n) is 6.63. The Balaban J connectivity index is 1.33. The van der Waals surface area contributed by atoms with E-state index >= 15 is 0 Å². The van der Waals surface area contributed by atoms with Crippen LogP contribution in [0, 0.1) is 0 Å². The zero-order valence-electron chi connectivity index (χ0n) is 19.6. The van der Waals surface area contributed by atoms with Crippen molar-refractivity contribution in [1.29, 1.82) is 0 Å². The molecule has 2 aromatic carbocycles. The molecule has 1 fully saturated rings. The van der Waals surface area contributed by atoms with Gasteiger partial charge in [-0.1, -0.05) is 18.2 Å². The fourth-order valence-corrected chi connectivity index (χ4v) is 4.89. The summed E-state index contributed by atoms with van der Waals surface area (Å²) in [6.45, 7) is 3.78. The third-order valence-corrected chi connectivity index (χ3v) is 6.63. The molecule has 174 valence electrons. The summed E-state index contributed by atoms with van der Waals surface area (Å²) in [5, 5.41) is 8.40. The molecule has 0 radical (unpaired) electrons. The fraction of sp³-hybridized carbons (Fsp3) is 0.214. The minimum absolute atomic E-state index is 0.107. The molecule has 1 aliphatic heterocycles. The van der Waals surface area contributed by atoms with Gasteiger partial charge in [-0.3, -0.25) is 9.78 Å². The van der Waals surface area contributed by atoms with Crippen molar-refractivity contribution in [3.63, 3.8) is 0 Å². The molecule has 0 aliphatic carbocycles. The lowest BCUT2D eigenvalue weighted by atomic mass is 10.0. The summed E-state index contributed by atoms with van der Waals surface area (Å²) in [7, 11) is 0. The van der Waals surface area contributed by atoms with E-state index in [1.54, 1.807) is 6.20 Å². The number of nitrogens with one attached hydrogen (secondary N) is 1. The molecule has 0 atom stereocenters. The molecule has 5 aromatic rings. The predicted molar refractivity (Wildman–Crippen MR) is 140 cm³/mol. The Kier molecular flexibility index (Phi) is 5.37. The molecule has 0 bridgehead atoms. The number of piperidine rings is 1. The summed E-state index contributed by atoms with van der Waals surface area (Å²) >= 11 is 0. The van der Waals surface area contributed by atoms with Crippen molar-refractivity contribution < 1.29 is 4.79 Å². The molecule has 1 N–H and O–H groups in total. The Morgan fingerprint density at radius 2 is 1.71 bits per heavy atom. The number of carbonyl (C=O) groups is 1. The summed E-state index contributed by atoms with van der Waals surface area (Å²) in [5.41, 5.74) is 7.70. The SMILES string of the molecule is CC(=O)Nc1ccc2c(-c3cnn4cc(-c5ccc(N6CCCCC6)cc5)cnc34)ccnc2c1. The van der Waals surface area contributed by atoms with E-state index in [0.29, 0.717) is 0 Å². The van der Waals surface area contributed by atoms with E-state index in [2.05, 4.69) is 44.6 Å². The number of amides is 1. The maximum atomic E-state index is 11.4. The highest BCUT2D eigenvalue weighted by atomic mass is 16.1. The van der Waals surface area contributed by atoms with E-state index in [9.17, 15) is 4.79 Å². The third kappa shape index (κ3) is 4.10. The molecular weight excluding hydrogens is 436 g/mol. The largest absolute Gasteiger partial charge is 0.372 e. The van der Waals surface area contributed by atoms with Crippen LogP contribution in [0.5, 0.6) is 0 Å². The van der Waals surface area contributed by atoms with Crippen LogP contribution in [0.2, 0.25) is 0 Å². The van der Waals surface area contributed by atoms with E-state index < -0.39 is 0 Å². The Labute approximate surface area is 203 Å². The first-order chi connectivity index (χ1) is 17.2. The van der Waals surface area contributed by atoms with Gasteiger partial charge in [-0.15, -0.1) is 0 Å². The van der Waals surface area contributed by atoms with Crippen molar-refractivity contribution in [1.82, 2.24) is 19.6 Å². The first-order valence-electron chi connectivity index (χ1n) is 12.0. The van der Waals surface area contributed by atoms with Gasteiger partial charge in [0, 0.05) is 66.5 Å². The number of hydrogen-bond donors (Lipinski definition) is 1. The van der Waals surface area contributed by atoms with Gasteiger partial charge in [0.2, 0.25) is 5.91 Å². The highest BCUT2D eigenvalue weighted by molar-refractivity contribution is 6.00. The van der Waals surface area contributed by atoms with Gasteiger partial charge in [-0.25, -0.2) is 9.50 Å². The maximum absolute atomic E-state index is 11.4. The van der Waals surface area contributed by atoms with Gasteiger partial charge >= 0.3 is 0 Å². The number of nitrogens with zero attached hydrogens (tertiary/aromatic N) is 5. The van der Waals surface area contributed by atoms with Crippen LogP contribution in [0.3, 0.4) is 0 Å². The van der Waals surface area contributed by atoms with Crippen LogP contribution in [0.1, 0.15) is 26.2 Å². The van der Waals surface area contributed by atoms with Gasteiger partial charge in [0.15, 0.2) is 5.65 Å². The predicted octanol–water partition coefficient (Wildman–Crippen LogP) is 5.56. The molecule has 1 saturated heterocycles. The van der Waals surface area contributed by atoms with E-state index in [0.717, 1.165) is 57.6 Å². The average molecular weight is 463 g/mol. The number of aromatic nitrogens is 4. The second-order valence-corrected chi connectivity index (χ2v) is 9.04. The van der Waals surface area contributed by atoms with Crippen LogP contribution in [0.25, 0.3) is 38.8 Å².